The highest BCUT2D eigenvalue weighted by molar-refractivity contribution is 9.10. The summed E-state index contributed by atoms with van der Waals surface area (Å²) in [5.41, 5.74) is 1.96. The molecule has 0 unspecified atom stereocenters. The third-order valence-corrected chi connectivity index (χ3v) is 7.38. The third-order valence-electron chi connectivity index (χ3n) is 5.75. The standard InChI is InChI=1S/C26H23BrN2O6S/c1-5-35-25(33)23-14(3)28-26(36-23)29-20(15-7-6-8-16(27)12-15)19(22(31)24(29)32)21(30)18-10-9-17(34-4)11-13(18)2/h6-12,20,30H,5H2,1-4H3/b21-19+/t20-/m1/s1. The fourth-order valence-electron chi connectivity index (χ4n) is 4.07. The number of anilines is 1. The Kier molecular flexibility index (Phi) is 7.28. The van der Waals surface area contributed by atoms with E-state index in [4.69, 9.17) is 9.47 Å². The van der Waals surface area contributed by atoms with Gasteiger partial charge in [-0.2, -0.15) is 0 Å². The molecule has 0 radical (unpaired) electrons. The van der Waals surface area contributed by atoms with Gasteiger partial charge in [0.05, 0.1) is 31.0 Å². The molecule has 0 saturated carbocycles. The second-order valence-corrected chi connectivity index (χ2v) is 9.93. The summed E-state index contributed by atoms with van der Waals surface area (Å²) < 4.78 is 11.1. The van der Waals surface area contributed by atoms with Crippen LogP contribution in [0.3, 0.4) is 0 Å². The Labute approximate surface area is 220 Å². The van der Waals surface area contributed by atoms with Crippen LogP contribution in [-0.2, 0) is 14.3 Å². The number of carbonyl (C=O) groups excluding carboxylic acids is 3. The number of aliphatic hydroxyl groups is 1. The number of ether oxygens (including phenoxy) is 2. The van der Waals surface area contributed by atoms with Gasteiger partial charge in [-0.15, -0.1) is 0 Å². The van der Waals surface area contributed by atoms with E-state index in [1.54, 1.807) is 57.2 Å². The zero-order chi connectivity index (χ0) is 26.1. The number of methoxy groups -OCH3 is 1. The van der Waals surface area contributed by atoms with E-state index in [0.717, 1.165) is 15.8 Å². The van der Waals surface area contributed by atoms with Crippen LogP contribution >= 0.6 is 27.3 Å². The van der Waals surface area contributed by atoms with Crippen molar-refractivity contribution >= 4 is 55.8 Å². The molecule has 1 aliphatic heterocycles. The summed E-state index contributed by atoms with van der Waals surface area (Å²) in [5, 5.41) is 11.5. The van der Waals surface area contributed by atoms with Gasteiger partial charge in [0.25, 0.3) is 5.78 Å². The van der Waals surface area contributed by atoms with Gasteiger partial charge in [-0.1, -0.05) is 39.4 Å². The van der Waals surface area contributed by atoms with Crippen LogP contribution in [0.2, 0.25) is 0 Å². The second-order valence-electron chi connectivity index (χ2n) is 8.04. The quantitative estimate of drug-likeness (QED) is 0.184. The molecule has 2 heterocycles. The smallest absolute Gasteiger partial charge is 0.350 e. The number of esters is 1. The fourth-order valence-corrected chi connectivity index (χ4v) is 5.47. The normalized spacial score (nSPS) is 16.9. The first kappa shape index (κ1) is 25.6. The Morgan fingerprint density at radius 3 is 2.58 bits per heavy atom. The van der Waals surface area contributed by atoms with Crippen LogP contribution < -0.4 is 9.64 Å². The van der Waals surface area contributed by atoms with Crippen molar-refractivity contribution in [2.45, 2.75) is 26.8 Å². The number of rotatable bonds is 6. The summed E-state index contributed by atoms with van der Waals surface area (Å²) >= 11 is 4.41. The van der Waals surface area contributed by atoms with E-state index in [2.05, 4.69) is 20.9 Å². The minimum absolute atomic E-state index is 0.0723. The van der Waals surface area contributed by atoms with Crippen LogP contribution in [0, 0.1) is 13.8 Å². The minimum atomic E-state index is -0.968. The van der Waals surface area contributed by atoms with Gasteiger partial charge in [0.1, 0.15) is 16.4 Å². The summed E-state index contributed by atoms with van der Waals surface area (Å²) in [6.07, 6.45) is 0. The number of carbonyl (C=O) groups is 3. The molecule has 1 aliphatic rings. The molecule has 0 spiro atoms. The number of aliphatic hydroxyl groups excluding tert-OH is 1. The summed E-state index contributed by atoms with van der Waals surface area (Å²) in [6.45, 7) is 5.30. The molecule has 0 bridgehead atoms. The van der Waals surface area contributed by atoms with Gasteiger partial charge < -0.3 is 14.6 Å². The Morgan fingerprint density at radius 1 is 1.19 bits per heavy atom. The first-order valence-corrected chi connectivity index (χ1v) is 12.6. The number of ketones is 1. The van der Waals surface area contributed by atoms with Crippen LogP contribution in [0.5, 0.6) is 5.75 Å². The number of hydrogen-bond acceptors (Lipinski definition) is 8. The number of aryl methyl sites for hydroxylation is 2. The Balaban J connectivity index is 1.93. The molecule has 1 amide bonds. The van der Waals surface area contributed by atoms with Crippen molar-refractivity contribution in [1.29, 1.82) is 0 Å². The van der Waals surface area contributed by atoms with E-state index in [9.17, 15) is 19.5 Å². The average Bonchev–Trinajstić information content (AvgIpc) is 3.35. The van der Waals surface area contributed by atoms with Crippen LogP contribution in [0.25, 0.3) is 5.76 Å². The summed E-state index contributed by atoms with van der Waals surface area (Å²) in [7, 11) is 1.54. The van der Waals surface area contributed by atoms with E-state index >= 15 is 0 Å². The van der Waals surface area contributed by atoms with Crippen molar-refractivity contribution in [1.82, 2.24) is 4.98 Å². The molecule has 0 aliphatic carbocycles. The third kappa shape index (κ3) is 4.54. The van der Waals surface area contributed by atoms with Crippen LogP contribution in [0.1, 0.15) is 45.0 Å². The van der Waals surface area contributed by atoms with Crippen molar-refractivity contribution in [3.8, 4) is 5.75 Å². The van der Waals surface area contributed by atoms with E-state index < -0.39 is 23.7 Å². The van der Waals surface area contributed by atoms with Crippen molar-refractivity contribution < 1.29 is 29.0 Å². The first-order chi connectivity index (χ1) is 17.2. The van der Waals surface area contributed by atoms with E-state index in [-0.39, 0.29) is 27.9 Å². The maximum Gasteiger partial charge on any atom is 0.350 e. The number of halogens is 1. The van der Waals surface area contributed by atoms with E-state index in [1.807, 2.05) is 6.07 Å². The maximum atomic E-state index is 13.4. The number of thiazole rings is 1. The van der Waals surface area contributed by atoms with Crippen molar-refractivity contribution in [3.05, 3.63) is 79.8 Å². The predicted octanol–water partition coefficient (Wildman–Crippen LogP) is 5.33. The molecule has 3 aromatic rings. The molecule has 186 valence electrons. The SMILES string of the molecule is CCOC(=O)c1sc(N2C(=O)C(=O)/C(=C(/O)c3ccc(OC)cc3C)[C@H]2c2cccc(Br)c2)nc1C. The molecular formula is C26H23BrN2O6S. The van der Waals surface area contributed by atoms with Crippen LogP contribution in [0.4, 0.5) is 5.13 Å². The van der Waals surface area contributed by atoms with Gasteiger partial charge in [0.2, 0.25) is 0 Å². The maximum absolute atomic E-state index is 13.4. The highest BCUT2D eigenvalue weighted by atomic mass is 79.9. The molecule has 1 saturated heterocycles. The van der Waals surface area contributed by atoms with Gasteiger partial charge in [-0.3, -0.25) is 14.5 Å². The highest BCUT2D eigenvalue weighted by Gasteiger charge is 2.48. The zero-order valence-corrected chi connectivity index (χ0v) is 22.4. The lowest BCUT2D eigenvalue weighted by Gasteiger charge is -2.23. The molecule has 1 fully saturated rings. The largest absolute Gasteiger partial charge is 0.507 e. The van der Waals surface area contributed by atoms with Gasteiger partial charge in [-0.05, 0) is 62.2 Å². The molecular weight excluding hydrogens is 548 g/mol. The van der Waals surface area contributed by atoms with Gasteiger partial charge >= 0.3 is 11.9 Å². The lowest BCUT2D eigenvalue weighted by molar-refractivity contribution is -0.132. The van der Waals surface area contributed by atoms with Crippen molar-refractivity contribution in [2.75, 3.05) is 18.6 Å². The molecule has 2 aromatic carbocycles. The topological polar surface area (TPSA) is 106 Å². The highest BCUT2D eigenvalue weighted by Crippen LogP contribution is 2.44. The first-order valence-electron chi connectivity index (χ1n) is 11.0. The van der Waals surface area contributed by atoms with Crippen molar-refractivity contribution in [2.24, 2.45) is 0 Å². The second kappa shape index (κ2) is 10.2. The number of amides is 1. The Bertz CT molecular complexity index is 1410. The van der Waals surface area contributed by atoms with Crippen LogP contribution in [0.15, 0.2) is 52.5 Å². The summed E-state index contributed by atoms with van der Waals surface area (Å²) in [5.74, 6) is -1.96. The summed E-state index contributed by atoms with van der Waals surface area (Å²) in [6, 6.07) is 11.2. The number of benzene rings is 2. The molecule has 10 heteroatoms. The van der Waals surface area contributed by atoms with E-state index in [0.29, 0.717) is 28.1 Å². The van der Waals surface area contributed by atoms with Gasteiger partial charge in [-0.25, -0.2) is 9.78 Å². The number of hydrogen-bond donors (Lipinski definition) is 1. The number of nitrogens with zero attached hydrogens (tertiary/aromatic N) is 2. The molecule has 36 heavy (non-hydrogen) atoms. The molecule has 1 aromatic heterocycles. The predicted molar refractivity (Wildman–Crippen MR) is 139 cm³/mol. The fraction of sp³-hybridized carbons (Fsp3) is 0.231. The Hall–Kier alpha value is -3.50. The molecule has 1 N–H and O–H groups in total. The molecule has 4 rings (SSSR count). The summed E-state index contributed by atoms with van der Waals surface area (Å²) in [4.78, 5) is 45.0. The lowest BCUT2D eigenvalue weighted by atomic mass is 9.94. The monoisotopic (exact) mass is 570 g/mol. The molecule has 1 atom stereocenters. The van der Waals surface area contributed by atoms with Gasteiger partial charge in [0, 0.05) is 10.0 Å². The lowest BCUT2D eigenvalue weighted by Crippen LogP contribution is -2.29. The average molecular weight is 571 g/mol. The Morgan fingerprint density at radius 2 is 1.94 bits per heavy atom. The zero-order valence-electron chi connectivity index (χ0n) is 20.0. The molecule has 8 nitrogen and oxygen atoms in total. The minimum Gasteiger partial charge on any atom is -0.507 e. The number of aromatic nitrogens is 1. The van der Waals surface area contributed by atoms with Gasteiger partial charge in [0.15, 0.2) is 5.13 Å². The number of Topliss-reactive ketones (excluding diaryl/α,β-unsaturated/α-hetero) is 1. The van der Waals surface area contributed by atoms with Crippen molar-refractivity contribution in [3.63, 3.8) is 0 Å². The van der Waals surface area contributed by atoms with E-state index in [1.165, 1.54) is 12.0 Å². The van der Waals surface area contributed by atoms with Crippen LogP contribution in [-0.4, -0.2) is 41.5 Å².